The van der Waals surface area contributed by atoms with E-state index in [-0.39, 0.29) is 18.6 Å². The van der Waals surface area contributed by atoms with Crippen LogP contribution < -0.4 is 11.1 Å². The summed E-state index contributed by atoms with van der Waals surface area (Å²) in [4.78, 5) is 22.1. The van der Waals surface area contributed by atoms with Crippen LogP contribution in [0.1, 0.15) is 19.8 Å². The predicted octanol–water partition coefficient (Wildman–Crippen LogP) is -0.670. The normalized spacial score (nSPS) is 26.4. The Morgan fingerprint density at radius 3 is 2.75 bits per heavy atom. The first-order valence-electron chi connectivity index (χ1n) is 5.40. The van der Waals surface area contributed by atoms with Gasteiger partial charge in [0.25, 0.3) is 0 Å². The Balaban J connectivity index is 2.28. The van der Waals surface area contributed by atoms with Crippen LogP contribution >= 0.6 is 0 Å². The van der Waals surface area contributed by atoms with Crippen molar-refractivity contribution in [2.45, 2.75) is 32.0 Å². The molecule has 1 aliphatic heterocycles. The number of aliphatic carboxylic acids is 1. The van der Waals surface area contributed by atoms with Crippen molar-refractivity contribution in [1.82, 2.24) is 5.32 Å². The number of carboxylic acids is 1. The van der Waals surface area contributed by atoms with Crippen molar-refractivity contribution < 1.29 is 19.4 Å². The third-order valence-electron chi connectivity index (χ3n) is 2.67. The molecule has 0 aromatic rings. The number of amides is 1. The molecular weight excluding hydrogens is 212 g/mol. The molecule has 92 valence electrons. The lowest BCUT2D eigenvalue weighted by Crippen LogP contribution is -2.39. The van der Waals surface area contributed by atoms with Gasteiger partial charge in [0.2, 0.25) is 5.91 Å². The monoisotopic (exact) mass is 230 g/mol. The molecule has 1 rings (SSSR count). The molecule has 0 bridgehead atoms. The van der Waals surface area contributed by atoms with Crippen LogP contribution in [0, 0.1) is 5.92 Å². The van der Waals surface area contributed by atoms with Gasteiger partial charge in [0.05, 0.1) is 12.0 Å². The Morgan fingerprint density at radius 2 is 2.25 bits per heavy atom. The molecule has 0 radical (unpaired) electrons. The molecule has 1 heterocycles. The van der Waals surface area contributed by atoms with Crippen molar-refractivity contribution in [2.24, 2.45) is 11.7 Å². The Morgan fingerprint density at radius 1 is 1.56 bits per heavy atom. The SMILES string of the molecule is CC(CNC(=O)C1CCC(CN)O1)C(=O)O. The quantitative estimate of drug-likeness (QED) is 0.581. The summed E-state index contributed by atoms with van der Waals surface area (Å²) in [6.45, 7) is 2.08. The van der Waals surface area contributed by atoms with E-state index in [0.29, 0.717) is 13.0 Å². The van der Waals surface area contributed by atoms with Crippen molar-refractivity contribution in [3.63, 3.8) is 0 Å². The Labute approximate surface area is 94.1 Å². The molecular formula is C10H18N2O4. The third kappa shape index (κ3) is 3.46. The second-order valence-electron chi connectivity index (χ2n) is 4.04. The first-order chi connectivity index (χ1) is 7.54. The minimum atomic E-state index is -0.924. The van der Waals surface area contributed by atoms with Crippen molar-refractivity contribution in [1.29, 1.82) is 0 Å². The van der Waals surface area contributed by atoms with Crippen LogP contribution in [0.15, 0.2) is 0 Å². The lowest BCUT2D eigenvalue weighted by molar-refractivity contribution is -0.141. The van der Waals surface area contributed by atoms with E-state index in [0.717, 1.165) is 6.42 Å². The fraction of sp³-hybridized carbons (Fsp3) is 0.800. The molecule has 4 N–H and O–H groups in total. The van der Waals surface area contributed by atoms with Gasteiger partial charge in [-0.2, -0.15) is 0 Å². The maximum absolute atomic E-state index is 11.6. The number of rotatable bonds is 5. The van der Waals surface area contributed by atoms with Crippen LogP contribution in [-0.2, 0) is 14.3 Å². The van der Waals surface area contributed by atoms with Crippen molar-refractivity contribution in [3.05, 3.63) is 0 Å². The highest BCUT2D eigenvalue weighted by molar-refractivity contribution is 5.81. The van der Waals surface area contributed by atoms with Gasteiger partial charge in [-0.1, -0.05) is 6.92 Å². The zero-order valence-corrected chi connectivity index (χ0v) is 9.31. The molecule has 0 aliphatic carbocycles. The molecule has 3 atom stereocenters. The summed E-state index contributed by atoms with van der Waals surface area (Å²) in [5.74, 6) is -1.76. The molecule has 1 amide bonds. The number of carbonyl (C=O) groups is 2. The van der Waals surface area contributed by atoms with Gasteiger partial charge in [-0.15, -0.1) is 0 Å². The molecule has 6 nitrogen and oxygen atoms in total. The summed E-state index contributed by atoms with van der Waals surface area (Å²) in [5.41, 5.74) is 5.42. The van der Waals surface area contributed by atoms with Gasteiger partial charge in [0, 0.05) is 13.1 Å². The molecule has 6 heteroatoms. The predicted molar refractivity (Wildman–Crippen MR) is 56.8 cm³/mol. The summed E-state index contributed by atoms with van der Waals surface area (Å²) >= 11 is 0. The van der Waals surface area contributed by atoms with E-state index in [4.69, 9.17) is 15.6 Å². The molecule has 1 saturated heterocycles. The fourth-order valence-corrected chi connectivity index (χ4v) is 1.53. The van der Waals surface area contributed by atoms with E-state index >= 15 is 0 Å². The first kappa shape index (κ1) is 12.9. The minimum absolute atomic E-state index is 0.0485. The van der Waals surface area contributed by atoms with E-state index in [2.05, 4.69) is 5.32 Å². The van der Waals surface area contributed by atoms with Gasteiger partial charge in [-0.25, -0.2) is 0 Å². The highest BCUT2D eigenvalue weighted by Crippen LogP contribution is 2.18. The van der Waals surface area contributed by atoms with Crippen LogP contribution in [0.4, 0.5) is 0 Å². The maximum Gasteiger partial charge on any atom is 0.308 e. The second kappa shape index (κ2) is 5.81. The number of ether oxygens (including phenoxy) is 1. The average Bonchev–Trinajstić information content (AvgIpc) is 2.73. The average molecular weight is 230 g/mol. The molecule has 1 aliphatic rings. The lowest BCUT2D eigenvalue weighted by atomic mass is 10.1. The molecule has 0 aromatic heterocycles. The van der Waals surface area contributed by atoms with E-state index in [9.17, 15) is 9.59 Å². The molecule has 0 saturated carbocycles. The Hall–Kier alpha value is -1.14. The molecule has 3 unspecified atom stereocenters. The largest absolute Gasteiger partial charge is 0.481 e. The smallest absolute Gasteiger partial charge is 0.308 e. The Kier molecular flexibility index (Phi) is 4.70. The second-order valence-corrected chi connectivity index (χ2v) is 4.04. The number of nitrogens with two attached hydrogens (primary N) is 1. The summed E-state index contributed by atoms with van der Waals surface area (Å²) in [6, 6.07) is 0. The van der Waals surface area contributed by atoms with E-state index < -0.39 is 18.0 Å². The fourth-order valence-electron chi connectivity index (χ4n) is 1.53. The summed E-state index contributed by atoms with van der Waals surface area (Å²) < 4.78 is 5.38. The lowest BCUT2D eigenvalue weighted by Gasteiger charge is -2.13. The van der Waals surface area contributed by atoms with Gasteiger partial charge < -0.3 is 20.9 Å². The number of hydrogen-bond donors (Lipinski definition) is 3. The highest BCUT2D eigenvalue weighted by atomic mass is 16.5. The van der Waals surface area contributed by atoms with Crippen LogP contribution in [-0.4, -0.2) is 42.3 Å². The number of carbonyl (C=O) groups excluding carboxylic acids is 1. The molecule has 1 fully saturated rings. The van der Waals surface area contributed by atoms with E-state index in [1.165, 1.54) is 0 Å². The molecule has 16 heavy (non-hydrogen) atoms. The number of carboxylic acid groups (broad SMARTS) is 1. The number of hydrogen-bond acceptors (Lipinski definition) is 4. The van der Waals surface area contributed by atoms with Crippen LogP contribution in [0.3, 0.4) is 0 Å². The van der Waals surface area contributed by atoms with Crippen molar-refractivity contribution in [3.8, 4) is 0 Å². The minimum Gasteiger partial charge on any atom is -0.481 e. The van der Waals surface area contributed by atoms with Crippen LogP contribution in [0.25, 0.3) is 0 Å². The summed E-state index contributed by atoms with van der Waals surface area (Å²) in [5, 5.41) is 11.2. The Bertz CT molecular complexity index is 270. The topological polar surface area (TPSA) is 102 Å². The maximum atomic E-state index is 11.6. The molecule has 0 aromatic carbocycles. The van der Waals surface area contributed by atoms with Gasteiger partial charge in [0.15, 0.2) is 0 Å². The van der Waals surface area contributed by atoms with Gasteiger partial charge in [-0.05, 0) is 12.8 Å². The van der Waals surface area contributed by atoms with Crippen molar-refractivity contribution in [2.75, 3.05) is 13.1 Å². The van der Waals surface area contributed by atoms with Gasteiger partial charge >= 0.3 is 5.97 Å². The standard InChI is InChI=1S/C10H18N2O4/c1-6(10(14)15)5-12-9(13)8-3-2-7(4-11)16-8/h6-8H,2-5,11H2,1H3,(H,12,13)(H,14,15). The number of nitrogens with one attached hydrogen (secondary N) is 1. The first-order valence-corrected chi connectivity index (χ1v) is 5.40. The van der Waals surface area contributed by atoms with Gasteiger partial charge in [0.1, 0.15) is 6.10 Å². The van der Waals surface area contributed by atoms with Crippen molar-refractivity contribution >= 4 is 11.9 Å². The third-order valence-corrected chi connectivity index (χ3v) is 2.67. The highest BCUT2D eigenvalue weighted by Gasteiger charge is 2.29. The van der Waals surface area contributed by atoms with E-state index in [1.54, 1.807) is 6.92 Å². The van der Waals surface area contributed by atoms with Crippen LogP contribution in [0.5, 0.6) is 0 Å². The van der Waals surface area contributed by atoms with Gasteiger partial charge in [-0.3, -0.25) is 9.59 Å². The summed E-state index contributed by atoms with van der Waals surface area (Å²) in [7, 11) is 0. The zero-order valence-electron chi connectivity index (χ0n) is 9.31. The summed E-state index contributed by atoms with van der Waals surface area (Å²) in [6.07, 6.45) is 0.903. The van der Waals surface area contributed by atoms with E-state index in [1.807, 2.05) is 0 Å². The van der Waals surface area contributed by atoms with Crippen LogP contribution in [0.2, 0.25) is 0 Å². The molecule has 0 spiro atoms. The zero-order chi connectivity index (χ0) is 12.1.